The first-order chi connectivity index (χ1) is 15.9. The number of carbonyl (C=O) groups excluding carboxylic acids is 1. The number of halogens is 1. The van der Waals surface area contributed by atoms with E-state index in [9.17, 15) is 9.18 Å². The van der Waals surface area contributed by atoms with Gasteiger partial charge in [-0.25, -0.2) is 19.3 Å². The Balaban J connectivity index is 1.54. The van der Waals surface area contributed by atoms with Crippen molar-refractivity contribution in [1.29, 1.82) is 0 Å². The van der Waals surface area contributed by atoms with E-state index in [1.807, 2.05) is 23.4 Å². The molecule has 1 aliphatic heterocycles. The zero-order valence-electron chi connectivity index (χ0n) is 18.8. The Morgan fingerprint density at radius 1 is 1.15 bits per heavy atom. The summed E-state index contributed by atoms with van der Waals surface area (Å²) in [6, 6.07) is 3.22. The number of benzene rings is 1. The van der Waals surface area contributed by atoms with Gasteiger partial charge in [0.25, 0.3) is 0 Å². The summed E-state index contributed by atoms with van der Waals surface area (Å²) in [5, 5.41) is 12.2. The van der Waals surface area contributed by atoms with Gasteiger partial charge in [0.1, 0.15) is 11.3 Å². The summed E-state index contributed by atoms with van der Waals surface area (Å²) in [5.74, 6) is 0.218. The summed E-state index contributed by atoms with van der Waals surface area (Å²) in [7, 11) is 0. The smallest absolute Gasteiger partial charge is 0.228 e. The number of rotatable bonds is 5. The second kappa shape index (κ2) is 8.36. The van der Waals surface area contributed by atoms with Crippen LogP contribution in [0.3, 0.4) is 0 Å². The Morgan fingerprint density at radius 3 is 2.64 bits per heavy atom. The highest BCUT2D eigenvalue weighted by molar-refractivity contribution is 6.14. The maximum Gasteiger partial charge on any atom is 0.228 e. The first kappa shape index (κ1) is 21.2. The molecular formula is C23H25FN8O. The summed E-state index contributed by atoms with van der Waals surface area (Å²) in [4.78, 5) is 27.6. The van der Waals surface area contributed by atoms with E-state index in [1.165, 1.54) is 19.2 Å². The number of nitrogens with one attached hydrogen (secondary N) is 2. The van der Waals surface area contributed by atoms with Gasteiger partial charge in [0.15, 0.2) is 11.6 Å². The maximum absolute atomic E-state index is 14.8. The van der Waals surface area contributed by atoms with Crippen molar-refractivity contribution in [3.05, 3.63) is 42.1 Å². The molecule has 0 unspecified atom stereocenters. The van der Waals surface area contributed by atoms with Gasteiger partial charge in [0.05, 0.1) is 23.6 Å². The van der Waals surface area contributed by atoms with Crippen molar-refractivity contribution in [1.82, 2.24) is 30.0 Å². The van der Waals surface area contributed by atoms with Crippen molar-refractivity contribution in [3.63, 3.8) is 0 Å². The quantitative estimate of drug-likeness (QED) is 0.448. The van der Waals surface area contributed by atoms with Crippen LogP contribution in [0.1, 0.15) is 37.2 Å². The van der Waals surface area contributed by atoms with Crippen LogP contribution in [0.4, 0.5) is 21.8 Å². The van der Waals surface area contributed by atoms with Crippen LogP contribution in [0.5, 0.6) is 0 Å². The zero-order valence-corrected chi connectivity index (χ0v) is 18.8. The molecule has 0 atom stereocenters. The molecule has 1 fully saturated rings. The highest BCUT2D eigenvalue weighted by Gasteiger charge is 2.19. The summed E-state index contributed by atoms with van der Waals surface area (Å²) >= 11 is 0. The van der Waals surface area contributed by atoms with Gasteiger partial charge in [0, 0.05) is 60.8 Å². The largest absolute Gasteiger partial charge is 0.365 e. The number of Topliss-reactive ketones (excluding diaryl/α,β-unsaturated/α-hetero) is 1. The molecule has 0 bridgehead atoms. The van der Waals surface area contributed by atoms with E-state index in [0.717, 1.165) is 42.5 Å². The van der Waals surface area contributed by atoms with Crippen LogP contribution in [-0.4, -0.2) is 56.7 Å². The van der Waals surface area contributed by atoms with Crippen molar-refractivity contribution in [2.45, 2.75) is 26.8 Å². The lowest BCUT2D eigenvalue weighted by Crippen LogP contribution is -2.43. The Morgan fingerprint density at radius 2 is 1.94 bits per heavy atom. The Kier molecular flexibility index (Phi) is 5.37. The van der Waals surface area contributed by atoms with Crippen molar-refractivity contribution in [2.75, 3.05) is 36.4 Å². The van der Waals surface area contributed by atoms with Crippen molar-refractivity contribution in [3.8, 4) is 0 Å². The van der Waals surface area contributed by atoms with Crippen molar-refractivity contribution >= 4 is 45.0 Å². The molecule has 4 heterocycles. The summed E-state index contributed by atoms with van der Waals surface area (Å²) < 4.78 is 16.6. The number of piperazine rings is 1. The molecule has 0 radical (unpaired) electrons. The van der Waals surface area contributed by atoms with Gasteiger partial charge in [-0.05, 0) is 26.8 Å². The number of anilines is 3. The molecule has 33 heavy (non-hydrogen) atoms. The number of hydrogen-bond donors (Lipinski definition) is 2. The summed E-state index contributed by atoms with van der Waals surface area (Å²) in [6.07, 6.45) is 4.89. The molecule has 0 amide bonds. The SMILES string of the molecule is CC(=O)c1cc2cnc(Nc3cc(F)c(N4CCNCC4)cn3)nc2c2c1cnn2C(C)C. The number of ketones is 1. The topological polar surface area (TPSA) is 101 Å². The number of hydrogen-bond acceptors (Lipinski definition) is 8. The van der Waals surface area contributed by atoms with Crippen LogP contribution in [0.2, 0.25) is 0 Å². The van der Waals surface area contributed by atoms with Gasteiger partial charge >= 0.3 is 0 Å². The monoisotopic (exact) mass is 448 g/mol. The van der Waals surface area contributed by atoms with Crippen LogP contribution in [0, 0.1) is 5.82 Å². The Hall–Kier alpha value is -3.66. The standard InChI is InChI=1S/C23H25FN8O/c1-13(2)32-22-17(11-28-32)16(14(3)33)8-15-10-27-23(30-21(15)22)29-20-9-18(24)19(12-26-20)31-6-4-25-5-7-31/h8-13,25H,4-7H2,1-3H3,(H,26,27,29,30). The van der Waals surface area contributed by atoms with Crippen LogP contribution >= 0.6 is 0 Å². The van der Waals surface area contributed by atoms with Gasteiger partial charge < -0.3 is 15.5 Å². The lowest BCUT2D eigenvalue weighted by molar-refractivity contribution is 0.101. The molecule has 10 heteroatoms. The van der Waals surface area contributed by atoms with E-state index in [1.54, 1.807) is 18.5 Å². The molecule has 1 saturated heterocycles. The molecule has 0 aliphatic carbocycles. The van der Waals surface area contributed by atoms with Crippen LogP contribution in [0.15, 0.2) is 30.7 Å². The van der Waals surface area contributed by atoms with E-state index < -0.39 is 0 Å². The van der Waals surface area contributed by atoms with E-state index in [2.05, 4.69) is 30.7 Å². The van der Waals surface area contributed by atoms with Gasteiger partial charge in [0.2, 0.25) is 5.95 Å². The number of pyridine rings is 1. The Bertz CT molecular complexity index is 1360. The third kappa shape index (κ3) is 3.86. The highest BCUT2D eigenvalue weighted by Crippen LogP contribution is 2.30. The second-order valence-corrected chi connectivity index (χ2v) is 8.44. The summed E-state index contributed by atoms with van der Waals surface area (Å²) in [5.41, 5.74) is 2.50. The first-order valence-electron chi connectivity index (χ1n) is 11.0. The molecule has 0 spiro atoms. The fourth-order valence-corrected chi connectivity index (χ4v) is 4.20. The minimum atomic E-state index is -0.346. The van der Waals surface area contributed by atoms with Crippen LogP contribution in [-0.2, 0) is 0 Å². The summed E-state index contributed by atoms with van der Waals surface area (Å²) in [6.45, 7) is 8.68. The van der Waals surface area contributed by atoms with Crippen molar-refractivity contribution in [2.24, 2.45) is 0 Å². The molecule has 0 saturated carbocycles. The molecule has 1 aliphatic rings. The lowest BCUT2D eigenvalue weighted by atomic mass is 10.0. The number of fused-ring (bicyclic) bond motifs is 3. The Labute approximate surface area is 190 Å². The second-order valence-electron chi connectivity index (χ2n) is 8.44. The van der Waals surface area contributed by atoms with Crippen molar-refractivity contribution < 1.29 is 9.18 Å². The molecule has 170 valence electrons. The van der Waals surface area contributed by atoms with E-state index in [-0.39, 0.29) is 23.6 Å². The van der Waals surface area contributed by atoms with Crippen LogP contribution < -0.4 is 15.5 Å². The van der Waals surface area contributed by atoms with Gasteiger partial charge in [-0.2, -0.15) is 5.10 Å². The third-order valence-electron chi connectivity index (χ3n) is 5.83. The fraction of sp³-hybridized carbons (Fsp3) is 0.348. The minimum Gasteiger partial charge on any atom is -0.365 e. The van der Waals surface area contributed by atoms with E-state index in [0.29, 0.717) is 22.6 Å². The normalized spacial score (nSPS) is 14.4. The molecule has 5 rings (SSSR count). The average Bonchev–Trinajstić information content (AvgIpc) is 3.25. The number of carbonyl (C=O) groups is 1. The maximum atomic E-state index is 14.8. The van der Waals surface area contributed by atoms with E-state index in [4.69, 9.17) is 0 Å². The predicted octanol–water partition coefficient (Wildman–Crippen LogP) is 3.45. The molecule has 2 N–H and O–H groups in total. The zero-order chi connectivity index (χ0) is 23.1. The molecule has 3 aromatic heterocycles. The molecular weight excluding hydrogens is 423 g/mol. The van der Waals surface area contributed by atoms with Gasteiger partial charge in [-0.15, -0.1) is 0 Å². The van der Waals surface area contributed by atoms with Gasteiger partial charge in [-0.3, -0.25) is 9.48 Å². The average molecular weight is 449 g/mol. The minimum absolute atomic E-state index is 0.0448. The van der Waals surface area contributed by atoms with Gasteiger partial charge in [-0.1, -0.05) is 0 Å². The predicted molar refractivity (Wildman–Crippen MR) is 126 cm³/mol. The molecule has 1 aromatic carbocycles. The van der Waals surface area contributed by atoms with Crippen LogP contribution in [0.25, 0.3) is 21.8 Å². The highest BCUT2D eigenvalue weighted by atomic mass is 19.1. The van der Waals surface area contributed by atoms with E-state index >= 15 is 0 Å². The lowest BCUT2D eigenvalue weighted by Gasteiger charge is -2.29. The third-order valence-corrected chi connectivity index (χ3v) is 5.83. The number of aromatic nitrogens is 5. The fourth-order valence-electron chi connectivity index (χ4n) is 4.20. The first-order valence-corrected chi connectivity index (χ1v) is 11.0. The number of nitrogens with zero attached hydrogens (tertiary/aromatic N) is 6. The molecule has 9 nitrogen and oxygen atoms in total. The molecule has 4 aromatic rings.